The minimum absolute atomic E-state index is 0.110. The van der Waals surface area contributed by atoms with Gasteiger partial charge < -0.3 is 28.6 Å². The van der Waals surface area contributed by atoms with Crippen molar-refractivity contribution in [3.05, 3.63) is 65.4 Å². The summed E-state index contributed by atoms with van der Waals surface area (Å²) in [7, 11) is 0. The lowest BCUT2D eigenvalue weighted by Gasteiger charge is -2.20. The molecule has 1 aliphatic rings. The number of carbonyl (C=O) groups is 2. The molecule has 0 unspecified atom stereocenters. The molecule has 3 aromatic rings. The highest BCUT2D eigenvalue weighted by atomic mass is 16.7. The number of nitrogens with zero attached hydrogens (tertiary/aromatic N) is 2. The number of fused-ring (bicyclic) bond motifs is 1. The lowest BCUT2D eigenvalue weighted by Crippen LogP contribution is -2.30. The fraction of sp³-hybridized carbons (Fsp3) is 0.318. The molecule has 1 aliphatic heterocycles. The highest BCUT2D eigenvalue weighted by Gasteiger charge is 2.23. The maximum Gasteiger partial charge on any atom is 0.273 e. The zero-order valence-corrected chi connectivity index (χ0v) is 17.3. The third kappa shape index (κ3) is 4.88. The van der Waals surface area contributed by atoms with Crippen LogP contribution in [0.1, 0.15) is 46.2 Å². The molecule has 0 spiro atoms. The van der Waals surface area contributed by atoms with Gasteiger partial charge in [-0.05, 0) is 36.2 Å². The Morgan fingerprint density at radius 3 is 2.68 bits per heavy atom. The van der Waals surface area contributed by atoms with Gasteiger partial charge in [0.25, 0.3) is 11.8 Å². The van der Waals surface area contributed by atoms with Gasteiger partial charge in [0.2, 0.25) is 6.79 Å². The van der Waals surface area contributed by atoms with Crippen LogP contribution < -0.4 is 14.8 Å². The predicted octanol–water partition coefficient (Wildman–Crippen LogP) is 3.22. The number of furan rings is 1. The van der Waals surface area contributed by atoms with E-state index in [2.05, 4.69) is 10.5 Å². The molecule has 0 atom stereocenters. The SMILES string of the molecule is CC(C)CNC(=O)c1cc(CN(Cc2ccco2)C(=O)c2ccc3c(c2)OCO3)on1. The van der Waals surface area contributed by atoms with E-state index in [4.69, 9.17) is 18.4 Å². The molecule has 2 aromatic heterocycles. The first-order valence-electron chi connectivity index (χ1n) is 9.94. The van der Waals surface area contributed by atoms with E-state index >= 15 is 0 Å². The third-order valence-electron chi connectivity index (χ3n) is 4.64. The van der Waals surface area contributed by atoms with E-state index in [1.807, 2.05) is 13.8 Å². The molecule has 3 heterocycles. The zero-order valence-electron chi connectivity index (χ0n) is 17.3. The van der Waals surface area contributed by atoms with E-state index in [-0.39, 0.29) is 37.4 Å². The lowest BCUT2D eigenvalue weighted by atomic mass is 10.1. The summed E-state index contributed by atoms with van der Waals surface area (Å²) < 4.78 is 21.4. The van der Waals surface area contributed by atoms with Crippen molar-refractivity contribution in [2.24, 2.45) is 5.92 Å². The topological polar surface area (TPSA) is 107 Å². The van der Waals surface area contributed by atoms with Crippen molar-refractivity contribution in [1.82, 2.24) is 15.4 Å². The van der Waals surface area contributed by atoms with Gasteiger partial charge in [0.1, 0.15) is 5.76 Å². The third-order valence-corrected chi connectivity index (χ3v) is 4.64. The summed E-state index contributed by atoms with van der Waals surface area (Å²) in [5.41, 5.74) is 0.606. The van der Waals surface area contributed by atoms with Gasteiger partial charge in [0, 0.05) is 18.2 Å². The Labute approximate surface area is 178 Å². The van der Waals surface area contributed by atoms with Crippen LogP contribution in [0.3, 0.4) is 0 Å². The molecule has 162 valence electrons. The Bertz CT molecular complexity index is 1060. The predicted molar refractivity (Wildman–Crippen MR) is 109 cm³/mol. The summed E-state index contributed by atoms with van der Waals surface area (Å²) in [6, 6.07) is 10.1. The van der Waals surface area contributed by atoms with E-state index in [1.54, 1.807) is 41.5 Å². The fourth-order valence-corrected chi connectivity index (χ4v) is 3.07. The molecule has 0 aliphatic carbocycles. The monoisotopic (exact) mass is 425 g/mol. The molecule has 0 saturated heterocycles. The first kappa shape index (κ1) is 20.5. The number of benzene rings is 1. The Morgan fingerprint density at radius 1 is 1.10 bits per heavy atom. The van der Waals surface area contributed by atoms with Crippen LogP contribution in [0.4, 0.5) is 0 Å². The molecule has 0 fully saturated rings. The van der Waals surface area contributed by atoms with Crippen molar-refractivity contribution < 1.29 is 28.0 Å². The highest BCUT2D eigenvalue weighted by molar-refractivity contribution is 5.95. The Balaban J connectivity index is 1.52. The standard InChI is InChI=1S/C22H23N3O6/c1-14(2)10-23-21(26)18-9-17(31-24-18)12-25(11-16-4-3-7-28-16)22(27)15-5-6-19-20(8-15)30-13-29-19/h3-9,14H,10-13H2,1-2H3,(H,23,26). The molecular formula is C22H23N3O6. The molecule has 0 saturated carbocycles. The zero-order chi connectivity index (χ0) is 21.8. The second-order valence-corrected chi connectivity index (χ2v) is 7.59. The van der Waals surface area contributed by atoms with Crippen LogP contribution in [0.25, 0.3) is 0 Å². The Hall–Kier alpha value is -3.75. The van der Waals surface area contributed by atoms with E-state index in [1.165, 1.54) is 6.07 Å². The number of aromatic nitrogens is 1. The molecule has 31 heavy (non-hydrogen) atoms. The molecule has 1 aromatic carbocycles. The molecule has 9 nitrogen and oxygen atoms in total. The number of rotatable bonds is 8. The summed E-state index contributed by atoms with van der Waals surface area (Å²) in [5.74, 6) is 1.87. The molecule has 4 rings (SSSR count). The van der Waals surface area contributed by atoms with Gasteiger partial charge in [-0.15, -0.1) is 0 Å². The average molecular weight is 425 g/mol. The minimum atomic E-state index is -0.316. The van der Waals surface area contributed by atoms with E-state index < -0.39 is 0 Å². The first-order chi connectivity index (χ1) is 15.0. The van der Waals surface area contributed by atoms with Crippen LogP contribution in [-0.4, -0.2) is 35.2 Å². The largest absolute Gasteiger partial charge is 0.467 e. The van der Waals surface area contributed by atoms with Gasteiger partial charge >= 0.3 is 0 Å². The van der Waals surface area contributed by atoms with Crippen LogP contribution in [-0.2, 0) is 13.1 Å². The molecule has 1 N–H and O–H groups in total. The van der Waals surface area contributed by atoms with Crippen LogP contribution >= 0.6 is 0 Å². The summed E-state index contributed by atoms with van der Waals surface area (Å²) in [5, 5.41) is 6.63. The van der Waals surface area contributed by atoms with E-state index in [9.17, 15) is 9.59 Å². The molecule has 9 heteroatoms. The average Bonchev–Trinajstić information content (AvgIpc) is 3.52. The van der Waals surface area contributed by atoms with Crippen molar-refractivity contribution in [2.75, 3.05) is 13.3 Å². The van der Waals surface area contributed by atoms with Crippen molar-refractivity contribution in [3.8, 4) is 11.5 Å². The molecule has 0 radical (unpaired) electrons. The molecule has 2 amide bonds. The number of nitrogens with one attached hydrogen (secondary N) is 1. The maximum atomic E-state index is 13.2. The number of amides is 2. The van der Waals surface area contributed by atoms with Crippen LogP contribution in [0.15, 0.2) is 51.6 Å². The van der Waals surface area contributed by atoms with Gasteiger partial charge in [0.05, 0.1) is 19.4 Å². The normalized spacial score (nSPS) is 12.2. The van der Waals surface area contributed by atoms with Crippen molar-refractivity contribution in [2.45, 2.75) is 26.9 Å². The van der Waals surface area contributed by atoms with Gasteiger partial charge in [-0.25, -0.2) is 0 Å². The summed E-state index contributed by atoms with van der Waals surface area (Å²) in [6.07, 6.45) is 1.55. The fourth-order valence-electron chi connectivity index (χ4n) is 3.07. The van der Waals surface area contributed by atoms with Crippen molar-refractivity contribution >= 4 is 11.8 Å². The van der Waals surface area contributed by atoms with Gasteiger partial charge in [-0.2, -0.15) is 0 Å². The second-order valence-electron chi connectivity index (χ2n) is 7.59. The summed E-state index contributed by atoms with van der Waals surface area (Å²) >= 11 is 0. The quantitative estimate of drug-likeness (QED) is 0.590. The van der Waals surface area contributed by atoms with Crippen molar-refractivity contribution in [1.29, 1.82) is 0 Å². The van der Waals surface area contributed by atoms with Crippen LogP contribution in [0, 0.1) is 5.92 Å². The molecular weight excluding hydrogens is 402 g/mol. The first-order valence-corrected chi connectivity index (χ1v) is 9.94. The smallest absolute Gasteiger partial charge is 0.273 e. The van der Waals surface area contributed by atoms with Gasteiger partial charge in [-0.1, -0.05) is 19.0 Å². The number of ether oxygens (including phenoxy) is 2. The Morgan fingerprint density at radius 2 is 1.90 bits per heavy atom. The molecule has 0 bridgehead atoms. The second kappa shape index (κ2) is 8.95. The van der Waals surface area contributed by atoms with E-state index in [0.717, 1.165) is 0 Å². The van der Waals surface area contributed by atoms with Gasteiger partial charge in [-0.3, -0.25) is 9.59 Å². The van der Waals surface area contributed by atoms with E-state index in [0.29, 0.717) is 41.0 Å². The number of hydrogen-bond donors (Lipinski definition) is 1. The number of carbonyl (C=O) groups excluding carboxylic acids is 2. The van der Waals surface area contributed by atoms with Gasteiger partial charge in [0.15, 0.2) is 23.0 Å². The van der Waals surface area contributed by atoms with Crippen LogP contribution in [0.5, 0.6) is 11.5 Å². The van der Waals surface area contributed by atoms with Crippen LogP contribution in [0.2, 0.25) is 0 Å². The highest BCUT2D eigenvalue weighted by Crippen LogP contribution is 2.33. The maximum absolute atomic E-state index is 13.2. The summed E-state index contributed by atoms with van der Waals surface area (Å²) in [6.45, 7) is 5.00. The lowest BCUT2D eigenvalue weighted by molar-refractivity contribution is 0.0699. The Kier molecular flexibility index (Phi) is 5.92. The number of hydrogen-bond acceptors (Lipinski definition) is 7. The minimum Gasteiger partial charge on any atom is -0.467 e. The van der Waals surface area contributed by atoms with Crippen molar-refractivity contribution in [3.63, 3.8) is 0 Å². The summed E-state index contributed by atoms with van der Waals surface area (Å²) in [4.78, 5) is 27.0.